The molecule has 0 saturated carbocycles. The molecule has 0 aromatic rings. The van der Waals surface area contributed by atoms with E-state index < -0.39 is 0 Å². The number of urea groups is 1. The van der Waals surface area contributed by atoms with Gasteiger partial charge in [0.2, 0.25) is 11.8 Å². The minimum atomic E-state index is -0.193. The molecule has 2 saturated heterocycles. The third-order valence-electron chi connectivity index (χ3n) is 5.77. The van der Waals surface area contributed by atoms with Gasteiger partial charge in [0.15, 0.2) is 0 Å². The molecule has 2 rings (SSSR count). The van der Waals surface area contributed by atoms with E-state index in [0.717, 1.165) is 45.2 Å². The van der Waals surface area contributed by atoms with Crippen LogP contribution in [-0.4, -0.2) is 53.8 Å². The number of unbranched alkanes of at least 4 members (excludes halogenated alkanes) is 2. The largest absolute Gasteiger partial charge is 0.338 e. The van der Waals surface area contributed by atoms with E-state index in [0.29, 0.717) is 25.4 Å². The molecule has 2 atom stereocenters. The Balaban J connectivity index is 1.60. The molecule has 0 spiro atoms. The van der Waals surface area contributed by atoms with Gasteiger partial charge in [0.05, 0.1) is 5.92 Å². The van der Waals surface area contributed by atoms with Crippen LogP contribution in [-0.2, 0) is 9.59 Å². The lowest BCUT2D eigenvalue weighted by Crippen LogP contribution is -2.39. The van der Waals surface area contributed by atoms with Gasteiger partial charge in [0.1, 0.15) is 0 Å². The fourth-order valence-electron chi connectivity index (χ4n) is 3.82. The van der Waals surface area contributed by atoms with E-state index in [9.17, 15) is 14.4 Å². The van der Waals surface area contributed by atoms with E-state index in [1.165, 1.54) is 4.90 Å². The standard InChI is InChI=1S/C20H35N3O3/c1-5-15-9-12-22(14-15)19(26)21-10-7-6-8-11-23-17(24)13-16(18(23)25)20(2,3)4/h15-16H,5-14H2,1-4H3,(H,21,26). The topological polar surface area (TPSA) is 69.7 Å². The van der Waals surface area contributed by atoms with Crippen LogP contribution in [0.3, 0.4) is 0 Å². The molecule has 2 unspecified atom stereocenters. The highest BCUT2D eigenvalue weighted by Gasteiger charge is 2.44. The van der Waals surface area contributed by atoms with Crippen LogP contribution in [0.5, 0.6) is 0 Å². The summed E-state index contributed by atoms with van der Waals surface area (Å²) in [6, 6.07) is 0.0406. The number of nitrogens with one attached hydrogen (secondary N) is 1. The number of rotatable bonds is 7. The average Bonchev–Trinajstić information content (AvgIpc) is 3.16. The molecular weight excluding hydrogens is 330 g/mol. The molecule has 0 radical (unpaired) electrons. The lowest BCUT2D eigenvalue weighted by molar-refractivity contribution is -0.140. The Kier molecular flexibility index (Phi) is 7.07. The Morgan fingerprint density at radius 1 is 1.19 bits per heavy atom. The lowest BCUT2D eigenvalue weighted by atomic mass is 9.80. The van der Waals surface area contributed by atoms with Crippen molar-refractivity contribution in [3.63, 3.8) is 0 Å². The van der Waals surface area contributed by atoms with Gasteiger partial charge in [-0.05, 0) is 37.0 Å². The maximum atomic E-state index is 12.4. The summed E-state index contributed by atoms with van der Waals surface area (Å²) in [5.74, 6) is 0.396. The number of likely N-dealkylation sites (tertiary alicyclic amines) is 2. The number of amides is 4. The number of imide groups is 1. The van der Waals surface area contributed by atoms with Crippen molar-refractivity contribution < 1.29 is 14.4 Å². The number of hydrogen-bond donors (Lipinski definition) is 1. The van der Waals surface area contributed by atoms with Crippen LogP contribution in [0.1, 0.15) is 66.2 Å². The van der Waals surface area contributed by atoms with E-state index >= 15 is 0 Å². The molecule has 0 aliphatic carbocycles. The van der Waals surface area contributed by atoms with Crippen LogP contribution < -0.4 is 5.32 Å². The predicted octanol–water partition coefficient (Wildman–Crippen LogP) is 3.02. The maximum absolute atomic E-state index is 12.4. The molecule has 6 nitrogen and oxygen atoms in total. The van der Waals surface area contributed by atoms with Crippen molar-refractivity contribution in [2.24, 2.45) is 17.3 Å². The molecule has 0 bridgehead atoms. The third kappa shape index (κ3) is 5.21. The monoisotopic (exact) mass is 365 g/mol. The van der Waals surface area contributed by atoms with Crippen LogP contribution in [0.15, 0.2) is 0 Å². The summed E-state index contributed by atoms with van der Waals surface area (Å²) in [6.45, 7) is 11.1. The summed E-state index contributed by atoms with van der Waals surface area (Å²) in [6.07, 6.45) is 5.15. The number of hydrogen-bond acceptors (Lipinski definition) is 3. The van der Waals surface area contributed by atoms with Crippen LogP contribution in [0.2, 0.25) is 0 Å². The van der Waals surface area contributed by atoms with Gasteiger partial charge in [-0.15, -0.1) is 0 Å². The molecule has 148 valence electrons. The van der Waals surface area contributed by atoms with Gasteiger partial charge in [-0.25, -0.2) is 4.79 Å². The third-order valence-corrected chi connectivity index (χ3v) is 5.77. The predicted molar refractivity (Wildman–Crippen MR) is 102 cm³/mol. The highest BCUT2D eigenvalue weighted by Crippen LogP contribution is 2.35. The summed E-state index contributed by atoms with van der Waals surface area (Å²) in [7, 11) is 0. The SMILES string of the molecule is CCC1CCN(C(=O)NCCCCCN2C(=O)CC(C(C)(C)C)C2=O)C1. The molecule has 26 heavy (non-hydrogen) atoms. The fraction of sp³-hybridized carbons (Fsp3) is 0.850. The molecule has 2 fully saturated rings. The summed E-state index contributed by atoms with van der Waals surface area (Å²) in [4.78, 5) is 39.9. The van der Waals surface area contributed by atoms with Crippen molar-refractivity contribution in [2.45, 2.75) is 66.2 Å². The number of carbonyl (C=O) groups excluding carboxylic acids is 3. The van der Waals surface area contributed by atoms with Crippen molar-refractivity contribution in [1.82, 2.24) is 15.1 Å². The normalized spacial score (nSPS) is 23.8. The maximum Gasteiger partial charge on any atom is 0.317 e. The number of carbonyl (C=O) groups is 3. The van der Waals surface area contributed by atoms with Crippen molar-refractivity contribution >= 4 is 17.8 Å². The van der Waals surface area contributed by atoms with Crippen LogP contribution >= 0.6 is 0 Å². The Morgan fingerprint density at radius 2 is 1.92 bits per heavy atom. The number of nitrogens with zero attached hydrogens (tertiary/aromatic N) is 2. The first-order valence-corrected chi connectivity index (χ1v) is 10.1. The summed E-state index contributed by atoms with van der Waals surface area (Å²) < 4.78 is 0. The summed E-state index contributed by atoms with van der Waals surface area (Å²) in [5.41, 5.74) is -0.169. The van der Waals surface area contributed by atoms with Gasteiger partial charge >= 0.3 is 6.03 Å². The minimum Gasteiger partial charge on any atom is -0.338 e. The average molecular weight is 366 g/mol. The molecule has 2 heterocycles. The first kappa shape index (κ1) is 20.7. The summed E-state index contributed by atoms with van der Waals surface area (Å²) in [5, 5.41) is 2.98. The Labute approximate surface area is 157 Å². The van der Waals surface area contributed by atoms with Gasteiger partial charge in [-0.1, -0.05) is 34.1 Å². The second-order valence-corrected chi connectivity index (χ2v) is 8.81. The molecule has 1 N–H and O–H groups in total. The van der Waals surface area contributed by atoms with E-state index in [1.807, 2.05) is 25.7 Å². The quantitative estimate of drug-likeness (QED) is 0.557. The second-order valence-electron chi connectivity index (χ2n) is 8.81. The van der Waals surface area contributed by atoms with Crippen molar-refractivity contribution in [1.29, 1.82) is 0 Å². The van der Waals surface area contributed by atoms with E-state index in [1.54, 1.807) is 0 Å². The Bertz CT molecular complexity index is 527. The highest BCUT2D eigenvalue weighted by molar-refractivity contribution is 6.03. The molecule has 4 amide bonds. The molecule has 2 aliphatic rings. The molecule has 2 aliphatic heterocycles. The second kappa shape index (κ2) is 8.87. The van der Waals surface area contributed by atoms with Crippen molar-refractivity contribution in [2.75, 3.05) is 26.2 Å². The zero-order valence-electron chi connectivity index (χ0n) is 16.8. The van der Waals surface area contributed by atoms with Gasteiger partial charge in [0.25, 0.3) is 0 Å². The van der Waals surface area contributed by atoms with E-state index in [4.69, 9.17) is 0 Å². The smallest absolute Gasteiger partial charge is 0.317 e. The van der Waals surface area contributed by atoms with Gasteiger partial charge in [0, 0.05) is 32.6 Å². The lowest BCUT2D eigenvalue weighted by Gasteiger charge is -2.24. The fourth-order valence-corrected chi connectivity index (χ4v) is 3.82. The van der Waals surface area contributed by atoms with Gasteiger partial charge in [-0.3, -0.25) is 14.5 Å². The van der Waals surface area contributed by atoms with Gasteiger partial charge < -0.3 is 10.2 Å². The molecule has 6 heteroatoms. The van der Waals surface area contributed by atoms with E-state index in [-0.39, 0.29) is 29.2 Å². The molecule has 0 aromatic heterocycles. The molecule has 0 aromatic carbocycles. The van der Waals surface area contributed by atoms with Crippen molar-refractivity contribution in [3.8, 4) is 0 Å². The summed E-state index contributed by atoms with van der Waals surface area (Å²) >= 11 is 0. The minimum absolute atomic E-state index is 0.0182. The molecular formula is C20H35N3O3. The van der Waals surface area contributed by atoms with Crippen LogP contribution in [0.4, 0.5) is 4.79 Å². The Morgan fingerprint density at radius 3 is 2.50 bits per heavy atom. The Hall–Kier alpha value is -1.59. The highest BCUT2D eigenvalue weighted by atomic mass is 16.2. The zero-order chi connectivity index (χ0) is 19.3. The van der Waals surface area contributed by atoms with Gasteiger partial charge in [-0.2, -0.15) is 0 Å². The van der Waals surface area contributed by atoms with Crippen LogP contribution in [0, 0.1) is 17.3 Å². The first-order chi connectivity index (χ1) is 12.2. The zero-order valence-corrected chi connectivity index (χ0v) is 16.8. The van der Waals surface area contributed by atoms with Crippen LogP contribution in [0.25, 0.3) is 0 Å². The van der Waals surface area contributed by atoms with Crippen molar-refractivity contribution in [3.05, 3.63) is 0 Å². The first-order valence-electron chi connectivity index (χ1n) is 10.1. The van der Waals surface area contributed by atoms with E-state index in [2.05, 4.69) is 12.2 Å².